The minimum atomic E-state index is -0.322. The maximum atomic E-state index is 13.9. The summed E-state index contributed by atoms with van der Waals surface area (Å²) >= 11 is 0. The second kappa shape index (κ2) is 13.0. The minimum Gasteiger partial charge on any atom is -0.394 e. The van der Waals surface area contributed by atoms with Crippen LogP contribution in [-0.4, -0.2) is 74.9 Å². The van der Waals surface area contributed by atoms with E-state index in [2.05, 4.69) is 30.5 Å². The maximum absolute atomic E-state index is 13.9. The van der Waals surface area contributed by atoms with Crippen LogP contribution in [0.2, 0.25) is 0 Å². The second-order valence-corrected chi connectivity index (χ2v) is 11.4. The Labute approximate surface area is 226 Å². The summed E-state index contributed by atoms with van der Waals surface area (Å²) in [5.41, 5.74) is 2.85. The normalized spacial score (nSPS) is 22.2. The van der Waals surface area contributed by atoms with E-state index in [9.17, 15) is 19.5 Å². The average molecular weight is 529 g/mol. The van der Waals surface area contributed by atoms with Crippen LogP contribution in [0.3, 0.4) is 0 Å². The van der Waals surface area contributed by atoms with Crippen molar-refractivity contribution >= 4 is 29.1 Å². The Balaban J connectivity index is 1.49. The summed E-state index contributed by atoms with van der Waals surface area (Å²) in [5, 5.41) is 16.0. The molecule has 1 unspecified atom stereocenters. The van der Waals surface area contributed by atoms with Gasteiger partial charge in [-0.25, -0.2) is 0 Å². The Morgan fingerprint density at radius 3 is 2.66 bits per heavy atom. The molecule has 38 heavy (non-hydrogen) atoms. The number of hydrogen-bond acceptors (Lipinski definition) is 6. The quantitative estimate of drug-likeness (QED) is 0.359. The topological polar surface area (TPSA) is 111 Å². The highest BCUT2D eigenvalue weighted by molar-refractivity contribution is 6.00. The molecule has 0 spiro atoms. The monoisotopic (exact) mass is 528 g/mol. The number of aliphatic hydroxyl groups excluding tert-OH is 1. The number of piperidine rings is 1. The van der Waals surface area contributed by atoms with Crippen LogP contribution in [0.4, 0.5) is 11.4 Å². The highest BCUT2D eigenvalue weighted by Crippen LogP contribution is 2.38. The van der Waals surface area contributed by atoms with E-state index in [1.807, 2.05) is 21.9 Å². The molecular formula is C29H44N4O5. The third-order valence-electron chi connectivity index (χ3n) is 7.82. The Morgan fingerprint density at radius 2 is 1.97 bits per heavy atom. The van der Waals surface area contributed by atoms with Crippen molar-refractivity contribution in [1.82, 2.24) is 10.6 Å². The molecule has 2 fully saturated rings. The number of hydrogen-bond donors (Lipinski definition) is 3. The van der Waals surface area contributed by atoms with Gasteiger partial charge in [-0.05, 0) is 62.1 Å². The van der Waals surface area contributed by atoms with Gasteiger partial charge >= 0.3 is 0 Å². The van der Waals surface area contributed by atoms with Crippen molar-refractivity contribution < 1.29 is 24.2 Å². The van der Waals surface area contributed by atoms with Crippen LogP contribution >= 0.6 is 0 Å². The van der Waals surface area contributed by atoms with Gasteiger partial charge in [0.05, 0.1) is 24.5 Å². The molecule has 0 aromatic heterocycles. The van der Waals surface area contributed by atoms with Gasteiger partial charge in [0.2, 0.25) is 17.7 Å². The van der Waals surface area contributed by atoms with Crippen molar-refractivity contribution in [3.05, 3.63) is 23.8 Å². The zero-order chi connectivity index (χ0) is 27.2. The Bertz CT molecular complexity index is 995. The molecule has 3 aliphatic rings. The number of aliphatic hydroxyl groups is 1. The molecule has 1 aromatic rings. The van der Waals surface area contributed by atoms with Crippen LogP contribution in [-0.2, 0) is 25.5 Å². The number of amides is 3. The van der Waals surface area contributed by atoms with Crippen molar-refractivity contribution in [2.45, 2.75) is 70.9 Å². The molecule has 0 radical (unpaired) electrons. The number of ether oxygens (including phenoxy) is 1. The van der Waals surface area contributed by atoms with Crippen LogP contribution in [0.15, 0.2) is 18.2 Å². The van der Waals surface area contributed by atoms with Crippen LogP contribution in [0.1, 0.15) is 57.9 Å². The van der Waals surface area contributed by atoms with E-state index >= 15 is 0 Å². The third-order valence-corrected chi connectivity index (χ3v) is 7.82. The van der Waals surface area contributed by atoms with Crippen LogP contribution in [0.5, 0.6) is 0 Å². The van der Waals surface area contributed by atoms with Gasteiger partial charge in [0.15, 0.2) is 0 Å². The molecule has 210 valence electrons. The van der Waals surface area contributed by atoms with Crippen LogP contribution < -0.4 is 20.4 Å². The molecule has 1 aromatic carbocycles. The lowest BCUT2D eigenvalue weighted by atomic mass is 9.88. The maximum Gasteiger partial charge on any atom is 0.231 e. The summed E-state index contributed by atoms with van der Waals surface area (Å²) in [7, 11) is 1.66. The fourth-order valence-corrected chi connectivity index (χ4v) is 5.73. The van der Waals surface area contributed by atoms with Crippen LogP contribution in [0, 0.1) is 17.8 Å². The number of aryl methyl sites for hydroxylation is 1. The first-order valence-corrected chi connectivity index (χ1v) is 14.2. The molecular weight excluding hydrogens is 484 g/mol. The Hall–Kier alpha value is -2.49. The second-order valence-electron chi connectivity index (χ2n) is 11.4. The fourth-order valence-electron chi connectivity index (χ4n) is 5.73. The van der Waals surface area contributed by atoms with E-state index < -0.39 is 0 Å². The number of fused-ring (bicyclic) bond motifs is 1. The molecule has 0 bridgehead atoms. The summed E-state index contributed by atoms with van der Waals surface area (Å²) in [6.07, 6.45) is 5.06. The standard InChI is InChI=1S/C29H44N4O5/c1-19(2)13-23(18-34)31-28(36)21-14-22(17-30-16-21)29(37)33(24-8-9-24)25-7-5-20-6-10-27(35)32(26(20)15-25)11-4-12-38-3/h5,7,15,19,21-24,30,34H,4,6,8-14,16-18H2,1-3H3,(H,31,36)/t21-,22+,23?/m0/s1. The van der Waals surface area contributed by atoms with Crippen molar-refractivity contribution in [2.75, 3.05) is 49.8 Å². The van der Waals surface area contributed by atoms with Gasteiger partial charge < -0.3 is 30.3 Å². The van der Waals surface area contributed by atoms with E-state index in [1.54, 1.807) is 7.11 Å². The number of rotatable bonds is 12. The lowest BCUT2D eigenvalue weighted by Gasteiger charge is -2.35. The van der Waals surface area contributed by atoms with Crippen molar-refractivity contribution in [3.8, 4) is 0 Å². The van der Waals surface area contributed by atoms with E-state index in [-0.39, 0.29) is 48.2 Å². The van der Waals surface area contributed by atoms with Gasteiger partial charge in [0, 0.05) is 57.2 Å². The van der Waals surface area contributed by atoms with Gasteiger partial charge in [0.25, 0.3) is 0 Å². The number of nitrogens with one attached hydrogen (secondary N) is 2. The summed E-state index contributed by atoms with van der Waals surface area (Å²) in [6.45, 7) is 6.28. The molecule has 1 saturated heterocycles. The molecule has 2 aliphatic heterocycles. The van der Waals surface area contributed by atoms with E-state index in [4.69, 9.17) is 4.74 Å². The molecule has 2 heterocycles. The summed E-state index contributed by atoms with van der Waals surface area (Å²) in [4.78, 5) is 43.4. The highest BCUT2D eigenvalue weighted by Gasteiger charge is 2.40. The van der Waals surface area contributed by atoms with Gasteiger partial charge in [-0.3, -0.25) is 14.4 Å². The van der Waals surface area contributed by atoms with Crippen LogP contribution in [0.25, 0.3) is 0 Å². The Kier molecular flexibility index (Phi) is 9.79. The van der Waals surface area contributed by atoms with E-state index in [0.29, 0.717) is 57.8 Å². The number of carbonyl (C=O) groups is 3. The fraction of sp³-hybridized carbons (Fsp3) is 0.690. The lowest BCUT2D eigenvalue weighted by molar-refractivity contribution is -0.129. The smallest absolute Gasteiger partial charge is 0.231 e. The highest BCUT2D eigenvalue weighted by atomic mass is 16.5. The van der Waals surface area contributed by atoms with Crippen molar-refractivity contribution in [1.29, 1.82) is 0 Å². The van der Waals surface area contributed by atoms with Gasteiger partial charge in [-0.2, -0.15) is 0 Å². The SMILES string of the molecule is COCCCN1C(=O)CCc2ccc(N(C(=O)[C@H]3CNC[C@@H](C(=O)NC(CO)CC(C)C)C3)C3CC3)cc21. The van der Waals surface area contributed by atoms with E-state index in [0.717, 1.165) is 36.2 Å². The number of benzene rings is 1. The molecule has 3 N–H and O–H groups in total. The lowest BCUT2D eigenvalue weighted by Crippen LogP contribution is -2.51. The molecule has 1 saturated carbocycles. The number of anilines is 2. The molecule has 1 aliphatic carbocycles. The molecule has 4 rings (SSSR count). The number of nitrogens with zero attached hydrogens (tertiary/aromatic N) is 2. The number of carbonyl (C=O) groups excluding carboxylic acids is 3. The summed E-state index contributed by atoms with van der Waals surface area (Å²) in [5.74, 6) is -0.232. The zero-order valence-corrected chi connectivity index (χ0v) is 23.1. The predicted molar refractivity (Wildman–Crippen MR) is 147 cm³/mol. The third kappa shape index (κ3) is 6.93. The van der Waals surface area contributed by atoms with Gasteiger partial charge in [-0.15, -0.1) is 0 Å². The molecule has 3 amide bonds. The zero-order valence-electron chi connectivity index (χ0n) is 23.1. The summed E-state index contributed by atoms with van der Waals surface area (Å²) in [6, 6.07) is 5.96. The van der Waals surface area contributed by atoms with Gasteiger partial charge in [0.1, 0.15) is 0 Å². The molecule has 3 atom stereocenters. The predicted octanol–water partition coefficient (Wildman–Crippen LogP) is 2.25. The largest absolute Gasteiger partial charge is 0.394 e. The Morgan fingerprint density at radius 1 is 1.21 bits per heavy atom. The first-order chi connectivity index (χ1) is 18.3. The molecule has 9 heteroatoms. The van der Waals surface area contributed by atoms with Crippen molar-refractivity contribution in [2.24, 2.45) is 17.8 Å². The van der Waals surface area contributed by atoms with E-state index in [1.165, 1.54) is 0 Å². The number of methoxy groups -OCH3 is 1. The van der Waals surface area contributed by atoms with Crippen molar-refractivity contribution in [3.63, 3.8) is 0 Å². The average Bonchev–Trinajstić information content (AvgIpc) is 3.74. The van der Waals surface area contributed by atoms with Gasteiger partial charge in [-0.1, -0.05) is 19.9 Å². The first-order valence-electron chi connectivity index (χ1n) is 14.2. The minimum absolute atomic E-state index is 0.0337. The molecule has 9 nitrogen and oxygen atoms in total. The summed E-state index contributed by atoms with van der Waals surface area (Å²) < 4.78 is 5.19. The first kappa shape index (κ1) is 28.5.